The van der Waals surface area contributed by atoms with E-state index in [2.05, 4.69) is 0 Å². The van der Waals surface area contributed by atoms with Crippen LogP contribution in [0.3, 0.4) is 0 Å². The normalized spacial score (nSPS) is 14.8. The molecule has 0 aromatic rings. The van der Waals surface area contributed by atoms with E-state index in [0.29, 0.717) is 6.42 Å². The van der Waals surface area contributed by atoms with Gasteiger partial charge in [0.15, 0.2) is 0 Å². The van der Waals surface area contributed by atoms with E-state index in [4.69, 9.17) is 19.3 Å². The summed E-state index contributed by atoms with van der Waals surface area (Å²) >= 11 is 0. The number of rotatable bonds is 12. The molecule has 4 N–H and O–H groups in total. The van der Waals surface area contributed by atoms with Crippen molar-refractivity contribution in [3.05, 3.63) is 0 Å². The fraction of sp³-hybridized carbons (Fsp3) is 1.00. The molecule has 264 valence electrons. The summed E-state index contributed by atoms with van der Waals surface area (Å²) < 4.78 is 276. The second kappa shape index (κ2) is 14.7. The number of aliphatic hydroxyl groups excluding tert-OH is 2. The first-order valence-electron chi connectivity index (χ1n) is 9.85. The van der Waals surface area contributed by atoms with Gasteiger partial charge in [-0.3, -0.25) is 9.11 Å². The fourth-order valence-electron chi connectivity index (χ4n) is 1.71. The lowest BCUT2D eigenvalue weighted by Gasteiger charge is -2.33. The maximum atomic E-state index is 12.7. The third kappa shape index (κ3) is 12.8. The van der Waals surface area contributed by atoms with Gasteiger partial charge in [0, 0.05) is 26.1 Å². The summed E-state index contributed by atoms with van der Waals surface area (Å²) in [4.78, 5) is 0. The van der Waals surface area contributed by atoms with Crippen molar-refractivity contribution in [2.24, 2.45) is 0 Å². The van der Waals surface area contributed by atoms with Gasteiger partial charge in [-0.15, -0.1) is 0 Å². The quantitative estimate of drug-likeness (QED) is 0.165. The molecule has 0 aliphatic heterocycles. The van der Waals surface area contributed by atoms with Crippen LogP contribution in [-0.2, 0) is 20.2 Å². The molecule has 0 unspecified atom stereocenters. The van der Waals surface area contributed by atoms with Crippen molar-refractivity contribution in [2.45, 2.75) is 67.2 Å². The zero-order valence-corrected chi connectivity index (χ0v) is 21.6. The molecule has 0 aromatic heterocycles. The minimum atomic E-state index is -7.07. The molecule has 0 spiro atoms. The van der Waals surface area contributed by atoms with Gasteiger partial charge in [0.1, 0.15) is 0 Å². The average Bonchev–Trinajstić information content (AvgIpc) is 2.75. The van der Waals surface area contributed by atoms with Crippen molar-refractivity contribution >= 4 is 20.2 Å². The van der Waals surface area contributed by atoms with Gasteiger partial charge < -0.3 is 10.2 Å². The molecular weight excluding hydrogens is 714 g/mol. The van der Waals surface area contributed by atoms with Crippen molar-refractivity contribution in [1.29, 1.82) is 0 Å². The van der Waals surface area contributed by atoms with Gasteiger partial charge in [0.25, 0.3) is 20.2 Å². The van der Waals surface area contributed by atoms with Crippen molar-refractivity contribution in [1.82, 2.24) is 0 Å². The van der Waals surface area contributed by atoms with Crippen molar-refractivity contribution < 1.29 is 115 Å². The Balaban J connectivity index is -0.000000642. The van der Waals surface area contributed by atoms with E-state index in [1.807, 2.05) is 0 Å². The van der Waals surface area contributed by atoms with E-state index in [1.165, 1.54) is 0 Å². The molecule has 0 bridgehead atoms. The summed E-state index contributed by atoms with van der Waals surface area (Å²) in [7, 11) is -10.5. The minimum absolute atomic E-state index is 0.0938. The lowest BCUT2D eigenvalue weighted by atomic mass is 10.0. The molecule has 43 heavy (non-hydrogen) atoms. The standard InChI is InChI=1S/2C6H5F9O3S.C3H8O2/c2*7-3(8,1-2-19(16,17)18)4(9,10)5(11,12)6(13,14)15;4-2-1-3-5/h2*1-2H2,(H,16,17,18);4-5H,1-3H2. The number of alkyl halides is 18. The summed E-state index contributed by atoms with van der Waals surface area (Å²) in [6.45, 7) is 0.188. The van der Waals surface area contributed by atoms with Crippen LogP contribution in [0.1, 0.15) is 19.3 Å². The van der Waals surface area contributed by atoms with Crippen molar-refractivity contribution in [2.75, 3.05) is 24.7 Å². The number of halogens is 18. The highest BCUT2D eigenvalue weighted by Gasteiger charge is 2.82. The van der Waals surface area contributed by atoms with Gasteiger partial charge in [-0.05, 0) is 6.42 Å². The summed E-state index contributed by atoms with van der Waals surface area (Å²) in [5, 5.41) is 15.8. The molecule has 8 nitrogen and oxygen atoms in total. The van der Waals surface area contributed by atoms with E-state index in [0.717, 1.165) is 0 Å². The van der Waals surface area contributed by atoms with Crippen LogP contribution in [-0.4, -0.2) is 109 Å². The molecule has 0 aliphatic carbocycles. The number of aliphatic hydroxyl groups is 2. The molecule has 0 amide bonds. The molecule has 0 fully saturated rings. The summed E-state index contributed by atoms with van der Waals surface area (Å²) in [5.74, 6) is -44.1. The Bertz CT molecular complexity index is 984. The van der Waals surface area contributed by atoms with E-state index in [-0.39, 0.29) is 13.2 Å². The SMILES string of the molecule is O=S(=O)(O)CCC(F)(F)C(F)(F)C(F)(F)C(F)(F)F.O=S(=O)(O)CCC(F)(F)C(F)(F)C(F)(F)C(F)(F)F.OCCCO. The molecule has 0 aromatic carbocycles. The highest BCUT2D eigenvalue weighted by molar-refractivity contribution is 7.86. The van der Waals surface area contributed by atoms with Crippen molar-refractivity contribution in [3.63, 3.8) is 0 Å². The largest absolute Gasteiger partial charge is 0.460 e. The second-order valence-corrected chi connectivity index (χ2v) is 10.7. The molecule has 0 aliphatic rings. The van der Waals surface area contributed by atoms with Crippen LogP contribution < -0.4 is 0 Å². The molecular formula is C15H18F18O8S2. The van der Waals surface area contributed by atoms with Crippen LogP contribution in [0.25, 0.3) is 0 Å². The molecule has 28 heteroatoms. The van der Waals surface area contributed by atoms with Gasteiger partial charge in [-0.1, -0.05) is 0 Å². The van der Waals surface area contributed by atoms with E-state index in [9.17, 15) is 95.9 Å². The molecule has 0 atom stereocenters. The third-order valence-corrected chi connectivity index (χ3v) is 5.52. The van der Waals surface area contributed by atoms with Crippen LogP contribution in [0.2, 0.25) is 0 Å². The Hall–Kier alpha value is -1.52. The van der Waals surface area contributed by atoms with Gasteiger partial charge >= 0.3 is 47.9 Å². The van der Waals surface area contributed by atoms with E-state index in [1.54, 1.807) is 0 Å². The molecule has 0 radical (unpaired) electrons. The topological polar surface area (TPSA) is 149 Å². The molecule has 0 heterocycles. The summed E-state index contributed by atoms with van der Waals surface area (Å²) in [6, 6.07) is 0. The predicted octanol–water partition coefficient (Wildman–Crippen LogP) is 4.83. The number of hydrogen-bond donors (Lipinski definition) is 4. The van der Waals surface area contributed by atoms with Crippen LogP contribution in [0.4, 0.5) is 79.0 Å². The zero-order chi connectivity index (χ0) is 35.9. The third-order valence-electron chi connectivity index (χ3n) is 4.08. The minimum Gasteiger partial charge on any atom is -0.396 e. The predicted molar refractivity (Wildman–Crippen MR) is 103 cm³/mol. The Morgan fingerprint density at radius 1 is 0.419 bits per heavy atom. The lowest BCUT2D eigenvalue weighted by molar-refractivity contribution is -0.396. The molecule has 0 saturated heterocycles. The second-order valence-electron chi connectivity index (χ2n) is 7.57. The van der Waals surface area contributed by atoms with Crippen LogP contribution in [0.5, 0.6) is 0 Å². The first kappa shape index (κ1) is 45.9. The van der Waals surface area contributed by atoms with Gasteiger partial charge in [-0.25, -0.2) is 0 Å². The first-order chi connectivity index (χ1) is 18.3. The Morgan fingerprint density at radius 3 is 0.744 bits per heavy atom. The maximum absolute atomic E-state index is 12.7. The van der Waals surface area contributed by atoms with Gasteiger partial charge in [0.05, 0.1) is 11.5 Å². The first-order valence-corrected chi connectivity index (χ1v) is 13.1. The fourth-order valence-corrected chi connectivity index (χ4v) is 2.74. The summed E-state index contributed by atoms with van der Waals surface area (Å²) in [6.07, 6.45) is -18.6. The number of hydrogen-bond acceptors (Lipinski definition) is 6. The molecule has 0 rings (SSSR count). The van der Waals surface area contributed by atoms with E-state index >= 15 is 0 Å². The van der Waals surface area contributed by atoms with Crippen molar-refractivity contribution in [3.8, 4) is 0 Å². The van der Waals surface area contributed by atoms with Crippen LogP contribution >= 0.6 is 0 Å². The lowest BCUT2D eigenvalue weighted by Crippen LogP contribution is -2.61. The Morgan fingerprint density at radius 2 is 0.628 bits per heavy atom. The highest BCUT2D eigenvalue weighted by Crippen LogP contribution is 2.55. The van der Waals surface area contributed by atoms with Crippen LogP contribution in [0.15, 0.2) is 0 Å². The van der Waals surface area contributed by atoms with Crippen LogP contribution in [0, 0.1) is 0 Å². The van der Waals surface area contributed by atoms with Gasteiger partial charge in [0.2, 0.25) is 0 Å². The Labute approximate surface area is 228 Å². The monoisotopic (exact) mass is 732 g/mol. The highest BCUT2D eigenvalue weighted by atomic mass is 32.2. The smallest absolute Gasteiger partial charge is 0.396 e. The zero-order valence-electron chi connectivity index (χ0n) is 20.0. The van der Waals surface area contributed by atoms with Gasteiger partial charge in [-0.2, -0.15) is 95.9 Å². The maximum Gasteiger partial charge on any atom is 0.460 e. The summed E-state index contributed by atoms with van der Waals surface area (Å²) in [5.41, 5.74) is 0. The molecule has 0 saturated carbocycles. The van der Waals surface area contributed by atoms with E-state index < -0.39 is 92.5 Å². The average molecular weight is 732 g/mol. The Kier molecular flexibility index (Phi) is 15.7.